The van der Waals surface area contributed by atoms with Crippen LogP contribution in [0.2, 0.25) is 0 Å². The summed E-state index contributed by atoms with van der Waals surface area (Å²) in [6.07, 6.45) is 1.70. The fraction of sp³-hybridized carbons (Fsp3) is 0.182. The zero-order valence-corrected chi connectivity index (χ0v) is 15.7. The maximum Gasteiger partial charge on any atom is 0.256 e. The Morgan fingerprint density at radius 3 is 2.56 bits per heavy atom. The third-order valence-electron chi connectivity index (χ3n) is 4.45. The first-order chi connectivity index (χ1) is 13.1. The highest BCUT2D eigenvalue weighted by Gasteiger charge is 2.08. The summed E-state index contributed by atoms with van der Waals surface area (Å²) in [6.45, 7) is 4.64. The highest BCUT2D eigenvalue weighted by molar-refractivity contribution is 6.03. The number of amides is 1. The topological polar surface area (TPSA) is 63.2 Å². The summed E-state index contributed by atoms with van der Waals surface area (Å²) in [4.78, 5) is 16.7. The van der Waals surface area contributed by atoms with Crippen LogP contribution in [-0.2, 0) is 6.54 Å². The standard InChI is InChI=1S/C22H23N3O2/c1-15-8-9-17(12-16(15)2)22(26)25-21-11-10-19(14-24-21)23-13-18-6-4-5-7-20(18)27-3/h4-12,14,23H,13H2,1-3H3,(H,24,25,26). The third kappa shape index (κ3) is 4.64. The van der Waals surface area contributed by atoms with Crippen molar-refractivity contribution in [2.75, 3.05) is 17.7 Å². The molecule has 138 valence electrons. The lowest BCUT2D eigenvalue weighted by atomic mass is 10.1. The van der Waals surface area contributed by atoms with Gasteiger partial charge in [0.05, 0.1) is 19.0 Å². The number of ether oxygens (including phenoxy) is 1. The maximum atomic E-state index is 12.4. The van der Waals surface area contributed by atoms with Gasteiger partial charge in [0.15, 0.2) is 0 Å². The molecule has 27 heavy (non-hydrogen) atoms. The van der Waals surface area contributed by atoms with Crippen LogP contribution in [0, 0.1) is 13.8 Å². The minimum absolute atomic E-state index is 0.166. The summed E-state index contributed by atoms with van der Waals surface area (Å²) in [5, 5.41) is 6.13. The number of methoxy groups -OCH3 is 1. The second-order valence-corrected chi connectivity index (χ2v) is 6.35. The number of aromatic nitrogens is 1. The fourth-order valence-electron chi connectivity index (χ4n) is 2.69. The van der Waals surface area contributed by atoms with Crippen LogP contribution in [0.1, 0.15) is 27.0 Å². The van der Waals surface area contributed by atoms with Crippen molar-refractivity contribution >= 4 is 17.4 Å². The van der Waals surface area contributed by atoms with E-state index in [1.807, 2.05) is 62.4 Å². The Labute approximate surface area is 159 Å². The van der Waals surface area contributed by atoms with Crippen LogP contribution in [-0.4, -0.2) is 18.0 Å². The molecule has 5 heteroatoms. The maximum absolute atomic E-state index is 12.4. The van der Waals surface area contributed by atoms with E-state index in [-0.39, 0.29) is 5.91 Å². The lowest BCUT2D eigenvalue weighted by molar-refractivity contribution is 0.102. The molecule has 0 aliphatic rings. The molecule has 0 aliphatic heterocycles. The Morgan fingerprint density at radius 1 is 1.04 bits per heavy atom. The van der Waals surface area contributed by atoms with Crippen molar-refractivity contribution in [1.29, 1.82) is 0 Å². The summed E-state index contributed by atoms with van der Waals surface area (Å²) < 4.78 is 5.35. The van der Waals surface area contributed by atoms with Crippen molar-refractivity contribution < 1.29 is 9.53 Å². The third-order valence-corrected chi connectivity index (χ3v) is 4.45. The average Bonchev–Trinajstić information content (AvgIpc) is 2.69. The number of pyridine rings is 1. The van der Waals surface area contributed by atoms with Gasteiger partial charge in [-0.25, -0.2) is 4.98 Å². The number of nitrogens with zero attached hydrogens (tertiary/aromatic N) is 1. The van der Waals surface area contributed by atoms with E-state index in [2.05, 4.69) is 15.6 Å². The zero-order chi connectivity index (χ0) is 19.2. The molecule has 0 saturated carbocycles. The molecule has 0 unspecified atom stereocenters. The number of anilines is 2. The van der Waals surface area contributed by atoms with Gasteiger partial charge in [0.25, 0.3) is 5.91 Å². The van der Waals surface area contributed by atoms with Crippen LogP contribution in [0.25, 0.3) is 0 Å². The fourth-order valence-corrected chi connectivity index (χ4v) is 2.69. The second-order valence-electron chi connectivity index (χ2n) is 6.35. The average molecular weight is 361 g/mol. The van der Waals surface area contributed by atoms with Gasteiger partial charge in [0.2, 0.25) is 0 Å². The van der Waals surface area contributed by atoms with Gasteiger partial charge in [-0.2, -0.15) is 0 Å². The number of aryl methyl sites for hydroxylation is 2. The first kappa shape index (κ1) is 18.5. The molecule has 2 N–H and O–H groups in total. The minimum Gasteiger partial charge on any atom is -0.496 e. The Balaban J connectivity index is 1.61. The van der Waals surface area contributed by atoms with Crippen LogP contribution >= 0.6 is 0 Å². The second kappa shape index (κ2) is 8.36. The van der Waals surface area contributed by atoms with Gasteiger partial charge in [0, 0.05) is 17.7 Å². The molecule has 5 nitrogen and oxygen atoms in total. The van der Waals surface area contributed by atoms with Crippen molar-refractivity contribution in [3.8, 4) is 5.75 Å². The lowest BCUT2D eigenvalue weighted by Crippen LogP contribution is -2.13. The number of rotatable bonds is 6. The van der Waals surface area contributed by atoms with Crippen LogP contribution in [0.4, 0.5) is 11.5 Å². The predicted molar refractivity (Wildman–Crippen MR) is 108 cm³/mol. The molecule has 0 atom stereocenters. The number of nitrogens with one attached hydrogen (secondary N) is 2. The normalized spacial score (nSPS) is 10.3. The van der Waals surface area contributed by atoms with Gasteiger partial charge in [-0.1, -0.05) is 24.3 Å². The molecule has 3 rings (SSSR count). The molecule has 2 aromatic carbocycles. The highest BCUT2D eigenvalue weighted by Crippen LogP contribution is 2.19. The molecule has 1 amide bonds. The SMILES string of the molecule is COc1ccccc1CNc1ccc(NC(=O)c2ccc(C)c(C)c2)nc1. The molecule has 0 fully saturated rings. The summed E-state index contributed by atoms with van der Waals surface area (Å²) in [7, 11) is 1.66. The summed E-state index contributed by atoms with van der Waals surface area (Å²) in [5.74, 6) is 1.19. The first-order valence-electron chi connectivity index (χ1n) is 8.77. The van der Waals surface area contributed by atoms with E-state index in [0.29, 0.717) is 17.9 Å². The van der Waals surface area contributed by atoms with Crippen LogP contribution in [0.5, 0.6) is 5.75 Å². The molecular formula is C22H23N3O2. The van der Waals surface area contributed by atoms with Crippen molar-refractivity contribution in [1.82, 2.24) is 4.98 Å². The van der Waals surface area contributed by atoms with Gasteiger partial charge in [-0.05, 0) is 55.3 Å². The van der Waals surface area contributed by atoms with Gasteiger partial charge in [0.1, 0.15) is 11.6 Å². The van der Waals surface area contributed by atoms with E-state index in [0.717, 1.165) is 28.1 Å². The Hall–Kier alpha value is -3.34. The number of carbonyl (C=O) groups excluding carboxylic acids is 1. The lowest BCUT2D eigenvalue weighted by Gasteiger charge is -2.11. The van der Waals surface area contributed by atoms with Crippen molar-refractivity contribution in [3.63, 3.8) is 0 Å². The molecule has 0 spiro atoms. The van der Waals surface area contributed by atoms with Gasteiger partial charge < -0.3 is 15.4 Å². The molecule has 0 radical (unpaired) electrons. The molecule has 3 aromatic rings. The number of para-hydroxylation sites is 1. The molecule has 1 heterocycles. The monoisotopic (exact) mass is 361 g/mol. The Bertz CT molecular complexity index is 937. The Kier molecular flexibility index (Phi) is 5.71. The largest absolute Gasteiger partial charge is 0.496 e. The smallest absolute Gasteiger partial charge is 0.256 e. The van der Waals surface area contributed by atoms with Crippen molar-refractivity contribution in [3.05, 3.63) is 83.0 Å². The van der Waals surface area contributed by atoms with E-state index in [4.69, 9.17) is 4.74 Å². The molecule has 0 saturated heterocycles. The number of hydrogen-bond acceptors (Lipinski definition) is 4. The van der Waals surface area contributed by atoms with E-state index in [1.54, 1.807) is 19.4 Å². The first-order valence-corrected chi connectivity index (χ1v) is 8.77. The van der Waals surface area contributed by atoms with Gasteiger partial charge in [-0.3, -0.25) is 4.79 Å². The molecule has 0 bridgehead atoms. The number of hydrogen-bond donors (Lipinski definition) is 2. The Morgan fingerprint density at radius 2 is 1.85 bits per heavy atom. The van der Waals surface area contributed by atoms with Crippen LogP contribution in [0.3, 0.4) is 0 Å². The number of carbonyl (C=O) groups is 1. The molecule has 0 aliphatic carbocycles. The van der Waals surface area contributed by atoms with Crippen LogP contribution in [0.15, 0.2) is 60.8 Å². The van der Waals surface area contributed by atoms with Crippen molar-refractivity contribution in [2.45, 2.75) is 20.4 Å². The predicted octanol–water partition coefficient (Wildman–Crippen LogP) is 4.57. The van der Waals surface area contributed by atoms with Crippen LogP contribution < -0.4 is 15.4 Å². The summed E-state index contributed by atoms with van der Waals surface area (Å²) in [5.41, 5.74) is 4.80. The van der Waals surface area contributed by atoms with Gasteiger partial charge >= 0.3 is 0 Å². The van der Waals surface area contributed by atoms with E-state index < -0.39 is 0 Å². The van der Waals surface area contributed by atoms with E-state index >= 15 is 0 Å². The summed E-state index contributed by atoms with van der Waals surface area (Å²) in [6, 6.07) is 17.2. The number of benzene rings is 2. The van der Waals surface area contributed by atoms with E-state index in [1.165, 1.54) is 0 Å². The zero-order valence-electron chi connectivity index (χ0n) is 15.7. The quantitative estimate of drug-likeness (QED) is 0.675. The molecule has 1 aromatic heterocycles. The minimum atomic E-state index is -0.166. The van der Waals surface area contributed by atoms with Gasteiger partial charge in [-0.15, -0.1) is 0 Å². The van der Waals surface area contributed by atoms with E-state index in [9.17, 15) is 4.79 Å². The highest BCUT2D eigenvalue weighted by atomic mass is 16.5. The summed E-state index contributed by atoms with van der Waals surface area (Å²) >= 11 is 0. The van der Waals surface area contributed by atoms with Crippen molar-refractivity contribution in [2.24, 2.45) is 0 Å². The molecular weight excluding hydrogens is 338 g/mol.